The third kappa shape index (κ3) is 2.69. The van der Waals surface area contributed by atoms with Crippen LogP contribution in [0.4, 0.5) is 0 Å². The maximum absolute atomic E-state index is 11.3. The maximum Gasteiger partial charge on any atom is 0.340 e. The quantitative estimate of drug-likeness (QED) is 0.485. The summed E-state index contributed by atoms with van der Waals surface area (Å²) in [7, 11) is 2.32. The lowest BCUT2D eigenvalue weighted by Gasteiger charge is -2.09. The average molecular weight is 229 g/mol. The van der Waals surface area contributed by atoms with Gasteiger partial charge in [0.25, 0.3) is 0 Å². The van der Waals surface area contributed by atoms with Gasteiger partial charge in [0.1, 0.15) is 5.82 Å². The van der Waals surface area contributed by atoms with Gasteiger partial charge in [-0.15, -0.1) is 0 Å². The van der Waals surface area contributed by atoms with Crippen LogP contribution in [0.2, 0.25) is 0 Å². The number of hydrogen-bond acceptors (Lipinski definition) is 6. The fourth-order valence-electron chi connectivity index (χ4n) is 1.14. The van der Waals surface area contributed by atoms with Gasteiger partial charge in [-0.05, 0) is 0 Å². The van der Waals surface area contributed by atoms with Crippen molar-refractivity contribution in [1.29, 1.82) is 0 Å². The summed E-state index contributed by atoms with van der Waals surface area (Å²) in [5, 5.41) is 5.70. The first-order valence-electron chi connectivity index (χ1n) is 4.37. The highest BCUT2D eigenvalue weighted by Gasteiger charge is 2.29. The van der Waals surface area contributed by atoms with Crippen LogP contribution in [0.3, 0.4) is 0 Å². The highest BCUT2D eigenvalue weighted by atomic mass is 16.5. The van der Waals surface area contributed by atoms with E-state index in [1.54, 1.807) is 0 Å². The lowest BCUT2D eigenvalue weighted by Crippen LogP contribution is -2.29. The van der Waals surface area contributed by atoms with E-state index in [1.165, 1.54) is 0 Å². The van der Waals surface area contributed by atoms with Crippen LogP contribution in [0.25, 0.3) is 0 Å². The summed E-state index contributed by atoms with van der Waals surface area (Å²) < 4.78 is 8.89. The second kappa shape index (κ2) is 5.10. The molecule has 1 aromatic rings. The van der Waals surface area contributed by atoms with Crippen molar-refractivity contribution in [3.8, 4) is 0 Å². The molecule has 2 N–H and O–H groups in total. The topological polar surface area (TPSA) is 114 Å². The molecule has 0 radical (unpaired) electrons. The number of esters is 2. The van der Waals surface area contributed by atoms with Gasteiger partial charge < -0.3 is 9.47 Å². The standard InChI is InChI=1S/C8H11N3O5/c1-15-6(12)4(7(13)16-2)3-5-9-8(14)11-10-5/h4H,3H2,1-2H3,(H2,9,10,11,14). The summed E-state index contributed by atoms with van der Waals surface area (Å²) in [5.74, 6) is -2.42. The molecule has 88 valence electrons. The largest absolute Gasteiger partial charge is 0.468 e. The van der Waals surface area contributed by atoms with E-state index in [1.807, 2.05) is 0 Å². The second-order valence-electron chi connectivity index (χ2n) is 2.93. The second-order valence-corrected chi connectivity index (χ2v) is 2.93. The van der Waals surface area contributed by atoms with Crippen molar-refractivity contribution in [3.05, 3.63) is 16.3 Å². The number of ether oxygens (including phenoxy) is 2. The molecule has 0 aliphatic rings. The minimum absolute atomic E-state index is 0.0852. The summed E-state index contributed by atoms with van der Waals surface area (Å²) >= 11 is 0. The van der Waals surface area contributed by atoms with Crippen molar-refractivity contribution in [2.45, 2.75) is 6.42 Å². The molecular weight excluding hydrogens is 218 g/mol. The van der Waals surface area contributed by atoms with Crippen molar-refractivity contribution in [3.63, 3.8) is 0 Å². The summed E-state index contributed by atoms with van der Waals surface area (Å²) in [6, 6.07) is 0. The fraction of sp³-hybridized carbons (Fsp3) is 0.500. The zero-order valence-corrected chi connectivity index (χ0v) is 8.77. The zero-order chi connectivity index (χ0) is 12.1. The Kier molecular flexibility index (Phi) is 3.81. The molecule has 1 rings (SSSR count). The van der Waals surface area contributed by atoms with E-state index in [2.05, 4.69) is 24.7 Å². The number of rotatable bonds is 4. The Bertz CT molecular complexity index is 419. The molecule has 0 saturated carbocycles. The molecule has 0 unspecified atom stereocenters. The number of H-pyrrole nitrogens is 2. The summed E-state index contributed by atoms with van der Waals surface area (Å²) in [4.78, 5) is 35.6. The summed E-state index contributed by atoms with van der Waals surface area (Å²) in [6.45, 7) is 0. The Balaban J connectivity index is 2.82. The molecule has 0 aromatic carbocycles. The first-order chi connectivity index (χ1) is 7.58. The molecule has 0 saturated heterocycles. The normalized spacial score (nSPS) is 10.2. The van der Waals surface area contributed by atoms with Gasteiger partial charge in [-0.2, -0.15) is 5.10 Å². The van der Waals surface area contributed by atoms with Gasteiger partial charge in [-0.1, -0.05) is 0 Å². The SMILES string of the molecule is COC(=O)C(Cc1n[nH]c(=O)[nH]1)C(=O)OC. The van der Waals surface area contributed by atoms with Gasteiger partial charge in [-0.3, -0.25) is 14.6 Å². The highest BCUT2D eigenvalue weighted by molar-refractivity contribution is 5.94. The third-order valence-electron chi connectivity index (χ3n) is 1.92. The van der Waals surface area contributed by atoms with Crippen LogP contribution in [0.5, 0.6) is 0 Å². The van der Waals surface area contributed by atoms with Crippen LogP contribution in [0.1, 0.15) is 5.82 Å². The minimum atomic E-state index is -1.13. The van der Waals surface area contributed by atoms with Crippen LogP contribution < -0.4 is 5.69 Å². The van der Waals surface area contributed by atoms with Crippen molar-refractivity contribution >= 4 is 11.9 Å². The summed E-state index contributed by atoms with van der Waals surface area (Å²) in [6.07, 6.45) is -0.0852. The van der Waals surface area contributed by atoms with Crippen molar-refractivity contribution in [2.24, 2.45) is 5.92 Å². The molecule has 16 heavy (non-hydrogen) atoms. The highest BCUT2D eigenvalue weighted by Crippen LogP contribution is 2.07. The molecule has 0 spiro atoms. The number of aromatic amines is 2. The van der Waals surface area contributed by atoms with Gasteiger partial charge in [-0.25, -0.2) is 9.89 Å². The smallest absolute Gasteiger partial charge is 0.340 e. The van der Waals surface area contributed by atoms with E-state index in [4.69, 9.17) is 0 Å². The molecule has 8 nitrogen and oxygen atoms in total. The van der Waals surface area contributed by atoms with Gasteiger partial charge in [0.2, 0.25) is 0 Å². The zero-order valence-electron chi connectivity index (χ0n) is 8.77. The average Bonchev–Trinajstić information content (AvgIpc) is 2.69. The molecule has 0 aliphatic carbocycles. The predicted molar refractivity (Wildman–Crippen MR) is 50.4 cm³/mol. The van der Waals surface area contributed by atoms with Crippen molar-refractivity contribution < 1.29 is 19.1 Å². The summed E-state index contributed by atoms with van der Waals surface area (Å²) in [5.41, 5.74) is -0.511. The number of hydrogen-bond donors (Lipinski definition) is 2. The Labute approximate surface area is 89.9 Å². The molecular formula is C8H11N3O5. The molecule has 0 amide bonds. The van der Waals surface area contributed by atoms with Crippen LogP contribution in [0, 0.1) is 5.92 Å². The maximum atomic E-state index is 11.3. The predicted octanol–water partition coefficient (Wildman–Crippen LogP) is -1.40. The fourth-order valence-corrected chi connectivity index (χ4v) is 1.14. The first-order valence-corrected chi connectivity index (χ1v) is 4.37. The van der Waals surface area contributed by atoms with E-state index in [9.17, 15) is 14.4 Å². The van der Waals surface area contributed by atoms with Crippen LogP contribution >= 0.6 is 0 Å². The third-order valence-corrected chi connectivity index (χ3v) is 1.92. The lowest BCUT2D eigenvalue weighted by molar-refractivity contribution is -0.158. The van der Waals surface area contributed by atoms with E-state index in [0.717, 1.165) is 14.2 Å². The van der Waals surface area contributed by atoms with E-state index >= 15 is 0 Å². The number of carbonyl (C=O) groups is 2. The minimum Gasteiger partial charge on any atom is -0.468 e. The Morgan fingerprint density at radius 2 is 1.88 bits per heavy atom. The molecule has 0 atom stereocenters. The Morgan fingerprint density at radius 3 is 2.25 bits per heavy atom. The van der Waals surface area contributed by atoms with Crippen LogP contribution in [-0.4, -0.2) is 41.3 Å². The number of carbonyl (C=O) groups excluding carboxylic acids is 2. The van der Waals surface area contributed by atoms with Gasteiger partial charge in [0.15, 0.2) is 5.92 Å². The first kappa shape index (κ1) is 12.0. The van der Waals surface area contributed by atoms with Gasteiger partial charge in [0.05, 0.1) is 14.2 Å². The molecule has 0 fully saturated rings. The van der Waals surface area contributed by atoms with Crippen molar-refractivity contribution in [2.75, 3.05) is 14.2 Å². The number of methoxy groups -OCH3 is 2. The Morgan fingerprint density at radius 1 is 1.31 bits per heavy atom. The van der Waals surface area contributed by atoms with Crippen molar-refractivity contribution in [1.82, 2.24) is 15.2 Å². The molecule has 0 bridgehead atoms. The molecule has 1 heterocycles. The number of nitrogens with zero attached hydrogens (tertiary/aromatic N) is 1. The number of aromatic nitrogens is 3. The van der Waals surface area contributed by atoms with E-state index < -0.39 is 23.5 Å². The molecule has 0 aliphatic heterocycles. The van der Waals surface area contributed by atoms with E-state index in [0.29, 0.717) is 0 Å². The molecule has 8 heteroatoms. The molecule has 1 aromatic heterocycles. The Hall–Kier alpha value is -2.12. The van der Waals surface area contributed by atoms with Crippen LogP contribution in [0.15, 0.2) is 4.79 Å². The monoisotopic (exact) mass is 229 g/mol. The van der Waals surface area contributed by atoms with Crippen LogP contribution in [-0.2, 0) is 25.5 Å². The van der Waals surface area contributed by atoms with Gasteiger partial charge >= 0.3 is 17.6 Å². The van der Waals surface area contributed by atoms with E-state index in [-0.39, 0.29) is 12.2 Å². The number of nitrogens with one attached hydrogen (secondary N) is 2. The lowest BCUT2D eigenvalue weighted by atomic mass is 10.1. The van der Waals surface area contributed by atoms with Gasteiger partial charge in [0, 0.05) is 6.42 Å².